The van der Waals surface area contributed by atoms with Gasteiger partial charge in [-0.1, -0.05) is 0 Å². The van der Waals surface area contributed by atoms with E-state index in [9.17, 15) is 18.0 Å². The summed E-state index contributed by atoms with van der Waals surface area (Å²) in [7, 11) is 0. The van der Waals surface area contributed by atoms with Crippen LogP contribution >= 0.6 is 15.9 Å². The monoisotopic (exact) mass is 259 g/mol. The molecule has 0 radical (unpaired) electrons. The quantitative estimate of drug-likeness (QED) is 0.840. The molecule has 1 heterocycles. The van der Waals surface area contributed by atoms with Crippen LogP contribution in [-0.2, 0) is 6.18 Å². The Labute approximate surface area is 77.5 Å². The van der Waals surface area contributed by atoms with E-state index in [1.807, 2.05) is 0 Å². The van der Waals surface area contributed by atoms with Crippen LogP contribution in [0.5, 0.6) is 0 Å². The minimum Gasteiger partial charge on any atom is -0.476 e. The minimum atomic E-state index is -4.78. The van der Waals surface area contributed by atoms with Crippen molar-refractivity contribution in [1.82, 2.24) is 4.98 Å². The van der Waals surface area contributed by atoms with Gasteiger partial charge in [-0.25, -0.2) is 4.79 Å². The molecular formula is C5HBrF3NO3. The van der Waals surface area contributed by atoms with Gasteiger partial charge in [0.05, 0.1) is 0 Å². The lowest BCUT2D eigenvalue weighted by Crippen LogP contribution is -2.06. The summed E-state index contributed by atoms with van der Waals surface area (Å²) in [6.45, 7) is 0. The van der Waals surface area contributed by atoms with Crippen LogP contribution in [0.4, 0.5) is 13.2 Å². The molecule has 0 fully saturated rings. The second-order valence-corrected chi connectivity index (χ2v) is 2.66. The van der Waals surface area contributed by atoms with Gasteiger partial charge in [0.25, 0.3) is 0 Å². The summed E-state index contributed by atoms with van der Waals surface area (Å²) in [4.78, 5) is 13.0. The number of aromatic carboxylic acids is 1. The predicted molar refractivity (Wildman–Crippen MR) is 36.2 cm³/mol. The molecule has 4 nitrogen and oxygen atoms in total. The van der Waals surface area contributed by atoms with Crippen molar-refractivity contribution in [2.45, 2.75) is 6.18 Å². The maximum absolute atomic E-state index is 11.9. The van der Waals surface area contributed by atoms with Gasteiger partial charge < -0.3 is 9.52 Å². The highest BCUT2D eigenvalue weighted by atomic mass is 79.9. The van der Waals surface area contributed by atoms with Gasteiger partial charge in [-0.05, 0) is 15.9 Å². The summed E-state index contributed by atoms with van der Waals surface area (Å²) in [6.07, 6.45) is -4.78. The van der Waals surface area contributed by atoms with E-state index in [0.29, 0.717) is 0 Å². The fourth-order valence-corrected chi connectivity index (χ4v) is 0.966. The third kappa shape index (κ3) is 2.00. The smallest absolute Gasteiger partial charge is 0.469 e. The van der Waals surface area contributed by atoms with Gasteiger partial charge in [0.2, 0.25) is 10.4 Å². The molecule has 0 amide bonds. The molecule has 1 rings (SSSR count). The van der Waals surface area contributed by atoms with Crippen molar-refractivity contribution < 1.29 is 27.5 Å². The van der Waals surface area contributed by atoms with Crippen LogP contribution in [0.1, 0.15) is 16.4 Å². The molecule has 0 saturated carbocycles. The molecule has 0 bridgehead atoms. The molecule has 13 heavy (non-hydrogen) atoms. The average Bonchev–Trinajstić information content (AvgIpc) is 2.29. The molecule has 1 aromatic rings. The van der Waals surface area contributed by atoms with E-state index in [2.05, 4.69) is 25.3 Å². The van der Waals surface area contributed by atoms with Crippen LogP contribution in [0.25, 0.3) is 0 Å². The SMILES string of the molecule is O=C(O)c1nc(C(F)(F)F)oc1Br. The first-order valence-corrected chi connectivity index (χ1v) is 3.58. The second kappa shape index (κ2) is 3.02. The van der Waals surface area contributed by atoms with Gasteiger partial charge in [0.15, 0.2) is 0 Å². The van der Waals surface area contributed by atoms with Crippen molar-refractivity contribution in [3.05, 3.63) is 16.3 Å². The maximum atomic E-state index is 11.9. The van der Waals surface area contributed by atoms with E-state index < -0.39 is 28.4 Å². The zero-order valence-corrected chi connectivity index (χ0v) is 7.31. The van der Waals surface area contributed by atoms with Crippen LogP contribution in [0.15, 0.2) is 9.09 Å². The molecule has 72 valence electrons. The molecule has 0 unspecified atom stereocenters. The number of hydrogen-bond donors (Lipinski definition) is 1. The van der Waals surface area contributed by atoms with E-state index in [0.717, 1.165) is 0 Å². The van der Waals surface area contributed by atoms with E-state index in [1.54, 1.807) is 0 Å². The van der Waals surface area contributed by atoms with Gasteiger partial charge in [-0.3, -0.25) is 0 Å². The number of carboxylic acid groups (broad SMARTS) is 1. The maximum Gasteiger partial charge on any atom is 0.469 e. The first-order chi connectivity index (χ1) is 5.82. The predicted octanol–water partition coefficient (Wildman–Crippen LogP) is 2.15. The highest BCUT2D eigenvalue weighted by Crippen LogP contribution is 2.31. The number of oxazole rings is 1. The van der Waals surface area contributed by atoms with Crippen molar-refractivity contribution in [3.63, 3.8) is 0 Å². The normalized spacial score (nSPS) is 11.7. The lowest BCUT2D eigenvalue weighted by molar-refractivity contribution is -0.157. The fraction of sp³-hybridized carbons (Fsp3) is 0.200. The Morgan fingerprint density at radius 2 is 2.08 bits per heavy atom. The van der Waals surface area contributed by atoms with Crippen LogP contribution in [0.3, 0.4) is 0 Å². The van der Waals surface area contributed by atoms with Crippen molar-refractivity contribution in [2.24, 2.45) is 0 Å². The third-order valence-electron chi connectivity index (χ3n) is 1.03. The largest absolute Gasteiger partial charge is 0.476 e. The summed E-state index contributed by atoms with van der Waals surface area (Å²) < 4.78 is 39.1. The Hall–Kier alpha value is -1.05. The van der Waals surface area contributed by atoms with Crippen molar-refractivity contribution in [2.75, 3.05) is 0 Å². The van der Waals surface area contributed by atoms with Gasteiger partial charge in [-0.2, -0.15) is 18.2 Å². The molecule has 0 aliphatic heterocycles. The molecule has 1 N–H and O–H groups in total. The molecule has 0 aromatic carbocycles. The highest BCUT2D eigenvalue weighted by Gasteiger charge is 2.39. The number of halogens is 4. The first-order valence-electron chi connectivity index (χ1n) is 2.79. The lowest BCUT2D eigenvalue weighted by atomic mass is 10.5. The Balaban J connectivity index is 3.17. The molecule has 0 atom stereocenters. The molecule has 0 aliphatic carbocycles. The summed E-state index contributed by atoms with van der Waals surface area (Å²) in [6, 6.07) is 0. The summed E-state index contributed by atoms with van der Waals surface area (Å²) in [5.41, 5.74) is -0.799. The molecule has 1 aromatic heterocycles. The van der Waals surface area contributed by atoms with Gasteiger partial charge in [0.1, 0.15) is 0 Å². The Kier molecular flexibility index (Phi) is 2.33. The summed E-state index contributed by atoms with van der Waals surface area (Å²) >= 11 is 2.50. The average molecular weight is 260 g/mol. The van der Waals surface area contributed by atoms with Crippen LogP contribution in [-0.4, -0.2) is 16.1 Å². The van der Waals surface area contributed by atoms with Gasteiger partial charge >= 0.3 is 18.0 Å². The fourth-order valence-electron chi connectivity index (χ4n) is 0.555. The standard InChI is InChI=1S/C5HBrF3NO3/c6-2-1(3(11)12)10-4(13-2)5(7,8)9/h(H,11,12). The van der Waals surface area contributed by atoms with E-state index in [1.165, 1.54) is 0 Å². The number of rotatable bonds is 1. The van der Waals surface area contributed by atoms with Crippen LogP contribution < -0.4 is 0 Å². The zero-order chi connectivity index (χ0) is 10.2. The first kappa shape index (κ1) is 10.0. The van der Waals surface area contributed by atoms with Crippen molar-refractivity contribution in [3.8, 4) is 0 Å². The van der Waals surface area contributed by atoms with Crippen molar-refractivity contribution >= 4 is 21.9 Å². The Morgan fingerprint density at radius 3 is 2.31 bits per heavy atom. The Morgan fingerprint density at radius 1 is 1.54 bits per heavy atom. The van der Waals surface area contributed by atoms with Gasteiger partial charge in [0, 0.05) is 0 Å². The number of alkyl halides is 3. The van der Waals surface area contributed by atoms with Crippen molar-refractivity contribution in [1.29, 1.82) is 0 Å². The number of hydrogen-bond acceptors (Lipinski definition) is 3. The number of aromatic nitrogens is 1. The van der Waals surface area contributed by atoms with E-state index >= 15 is 0 Å². The zero-order valence-electron chi connectivity index (χ0n) is 5.72. The third-order valence-corrected chi connectivity index (χ3v) is 1.57. The lowest BCUT2D eigenvalue weighted by Gasteiger charge is -1.97. The summed E-state index contributed by atoms with van der Waals surface area (Å²) in [5, 5.41) is 8.32. The summed E-state index contributed by atoms with van der Waals surface area (Å²) in [5.74, 6) is -3.18. The van der Waals surface area contributed by atoms with E-state index in [4.69, 9.17) is 5.11 Å². The molecule has 8 heteroatoms. The second-order valence-electron chi connectivity index (χ2n) is 1.94. The number of carboxylic acids is 1. The minimum absolute atomic E-state index is 0.549. The topological polar surface area (TPSA) is 63.3 Å². The van der Waals surface area contributed by atoms with E-state index in [-0.39, 0.29) is 0 Å². The molecule has 0 aliphatic rings. The number of nitrogens with zero attached hydrogens (tertiary/aromatic N) is 1. The number of carbonyl (C=O) groups is 1. The molecular weight excluding hydrogens is 259 g/mol. The van der Waals surface area contributed by atoms with Gasteiger partial charge in [-0.15, -0.1) is 0 Å². The molecule has 0 saturated heterocycles. The Bertz CT molecular complexity index is 345. The van der Waals surface area contributed by atoms with Crippen LogP contribution in [0, 0.1) is 0 Å². The van der Waals surface area contributed by atoms with Crippen LogP contribution in [0.2, 0.25) is 0 Å². The molecule has 0 spiro atoms. The highest BCUT2D eigenvalue weighted by molar-refractivity contribution is 9.10.